The van der Waals surface area contributed by atoms with Crippen molar-refractivity contribution < 1.29 is 9.47 Å². The number of nitrogens with one attached hydrogen (secondary N) is 1. The fraction of sp³-hybridized carbons (Fsp3) is 0.636. The molecule has 0 atom stereocenters. The van der Waals surface area contributed by atoms with Crippen LogP contribution in [0.2, 0.25) is 0 Å². The minimum absolute atomic E-state index is 0.420. The number of anilines is 1. The van der Waals surface area contributed by atoms with Crippen molar-refractivity contribution in [2.45, 2.75) is 20.5 Å². The highest BCUT2D eigenvalue weighted by Crippen LogP contribution is 2.05. The molecule has 0 aromatic carbocycles. The van der Waals surface area contributed by atoms with Gasteiger partial charge in [-0.25, -0.2) is 9.97 Å². The predicted molar refractivity (Wildman–Crippen MR) is 62.5 cm³/mol. The molecule has 0 spiro atoms. The summed E-state index contributed by atoms with van der Waals surface area (Å²) in [6.45, 7) is 6.22. The Hall–Kier alpha value is -1.20. The Labute approximate surface area is 96.2 Å². The Morgan fingerprint density at radius 2 is 2.00 bits per heavy atom. The quantitative estimate of drug-likeness (QED) is 0.710. The highest BCUT2D eigenvalue weighted by atomic mass is 16.5. The summed E-state index contributed by atoms with van der Waals surface area (Å²) in [6.07, 6.45) is 0. The van der Waals surface area contributed by atoms with E-state index in [1.807, 2.05) is 27.0 Å². The van der Waals surface area contributed by atoms with Crippen LogP contribution in [0.5, 0.6) is 0 Å². The number of aromatic nitrogens is 2. The van der Waals surface area contributed by atoms with Crippen LogP contribution in [0.3, 0.4) is 0 Å². The van der Waals surface area contributed by atoms with E-state index < -0.39 is 0 Å². The van der Waals surface area contributed by atoms with E-state index in [2.05, 4.69) is 15.3 Å². The van der Waals surface area contributed by atoms with Crippen molar-refractivity contribution in [3.8, 4) is 0 Å². The van der Waals surface area contributed by atoms with Crippen LogP contribution >= 0.6 is 0 Å². The zero-order valence-corrected chi connectivity index (χ0v) is 10.1. The molecular weight excluding hydrogens is 206 g/mol. The van der Waals surface area contributed by atoms with Crippen LogP contribution in [-0.4, -0.2) is 36.8 Å². The van der Waals surface area contributed by atoms with Crippen LogP contribution in [0.15, 0.2) is 6.07 Å². The van der Waals surface area contributed by atoms with Gasteiger partial charge in [0, 0.05) is 25.4 Å². The average molecular weight is 225 g/mol. The fourth-order valence-electron chi connectivity index (χ4n) is 1.25. The molecule has 5 nitrogen and oxygen atoms in total. The summed E-state index contributed by atoms with van der Waals surface area (Å²) < 4.78 is 10.6. The molecule has 0 radical (unpaired) electrons. The first-order chi connectivity index (χ1) is 7.76. The van der Waals surface area contributed by atoms with E-state index >= 15 is 0 Å². The van der Waals surface area contributed by atoms with Crippen LogP contribution in [0.1, 0.15) is 18.4 Å². The van der Waals surface area contributed by atoms with Gasteiger partial charge in [-0.15, -0.1) is 0 Å². The Balaban J connectivity index is 2.38. The normalized spacial score (nSPS) is 10.4. The van der Waals surface area contributed by atoms with Gasteiger partial charge in [0.15, 0.2) is 5.82 Å². The van der Waals surface area contributed by atoms with Crippen molar-refractivity contribution in [1.82, 2.24) is 9.97 Å². The third-order valence-corrected chi connectivity index (χ3v) is 1.96. The molecule has 16 heavy (non-hydrogen) atoms. The Kier molecular flexibility index (Phi) is 5.74. The molecule has 0 fully saturated rings. The molecule has 5 heteroatoms. The Bertz CT molecular complexity index is 318. The number of rotatable bonds is 7. The number of hydrogen-bond acceptors (Lipinski definition) is 5. The molecule has 0 aliphatic rings. The second kappa shape index (κ2) is 7.14. The van der Waals surface area contributed by atoms with Crippen molar-refractivity contribution in [1.29, 1.82) is 0 Å². The third kappa shape index (κ3) is 4.55. The average Bonchev–Trinajstić information content (AvgIpc) is 2.28. The second-order valence-electron chi connectivity index (χ2n) is 3.31. The topological polar surface area (TPSA) is 56.3 Å². The lowest BCUT2D eigenvalue weighted by Gasteiger charge is -2.06. The predicted octanol–water partition coefficient (Wildman–Crippen LogP) is 1.38. The summed E-state index contributed by atoms with van der Waals surface area (Å²) in [5.74, 6) is 1.51. The van der Waals surface area contributed by atoms with E-state index in [1.54, 1.807) is 0 Å². The molecule has 0 saturated heterocycles. The zero-order valence-electron chi connectivity index (χ0n) is 10.1. The van der Waals surface area contributed by atoms with E-state index in [9.17, 15) is 0 Å². The second-order valence-corrected chi connectivity index (χ2v) is 3.31. The molecule has 1 rings (SSSR count). The van der Waals surface area contributed by atoms with Crippen molar-refractivity contribution in [2.24, 2.45) is 0 Å². The lowest BCUT2D eigenvalue weighted by atomic mass is 10.4. The van der Waals surface area contributed by atoms with E-state index in [0.29, 0.717) is 32.3 Å². The van der Waals surface area contributed by atoms with Gasteiger partial charge < -0.3 is 14.8 Å². The van der Waals surface area contributed by atoms with Gasteiger partial charge in [-0.3, -0.25) is 0 Å². The standard InChI is InChI=1S/C11H19N3O2/c1-4-15-5-6-16-8-11-13-9(2)7-10(12-3)14-11/h7H,4-6,8H2,1-3H3,(H,12,13,14). The smallest absolute Gasteiger partial charge is 0.156 e. The van der Waals surface area contributed by atoms with Crippen LogP contribution in [0.25, 0.3) is 0 Å². The lowest BCUT2D eigenvalue weighted by molar-refractivity contribution is 0.0428. The lowest BCUT2D eigenvalue weighted by Crippen LogP contribution is -2.07. The van der Waals surface area contributed by atoms with Gasteiger partial charge in [-0.05, 0) is 13.8 Å². The minimum Gasteiger partial charge on any atom is -0.379 e. The molecule has 1 aromatic heterocycles. The number of nitrogens with zero attached hydrogens (tertiary/aromatic N) is 2. The van der Waals surface area contributed by atoms with Crippen LogP contribution in [0.4, 0.5) is 5.82 Å². The molecule has 1 heterocycles. The van der Waals surface area contributed by atoms with Gasteiger partial charge >= 0.3 is 0 Å². The first-order valence-corrected chi connectivity index (χ1v) is 5.44. The SMILES string of the molecule is CCOCCOCc1nc(C)cc(NC)n1. The van der Waals surface area contributed by atoms with Gasteiger partial charge in [0.25, 0.3) is 0 Å². The maximum Gasteiger partial charge on any atom is 0.156 e. The largest absolute Gasteiger partial charge is 0.379 e. The number of ether oxygens (including phenoxy) is 2. The first kappa shape index (κ1) is 12.9. The summed E-state index contributed by atoms with van der Waals surface area (Å²) in [5.41, 5.74) is 0.933. The molecule has 1 aromatic rings. The van der Waals surface area contributed by atoms with E-state index in [1.165, 1.54) is 0 Å². The van der Waals surface area contributed by atoms with Crippen molar-refractivity contribution in [3.63, 3.8) is 0 Å². The molecule has 0 aliphatic heterocycles. The van der Waals surface area contributed by atoms with Gasteiger partial charge in [-0.2, -0.15) is 0 Å². The summed E-state index contributed by atoms with van der Waals surface area (Å²) in [6, 6.07) is 1.89. The van der Waals surface area contributed by atoms with Crippen molar-refractivity contribution >= 4 is 5.82 Å². The highest BCUT2D eigenvalue weighted by molar-refractivity contribution is 5.34. The third-order valence-electron chi connectivity index (χ3n) is 1.96. The molecule has 0 saturated carbocycles. The molecule has 0 aliphatic carbocycles. The Morgan fingerprint density at radius 3 is 2.69 bits per heavy atom. The summed E-state index contributed by atoms with van der Waals surface area (Å²) in [4.78, 5) is 8.56. The molecule has 0 bridgehead atoms. The highest BCUT2D eigenvalue weighted by Gasteiger charge is 2.01. The first-order valence-electron chi connectivity index (χ1n) is 5.44. The molecule has 0 unspecified atom stereocenters. The summed E-state index contributed by atoms with van der Waals surface area (Å²) in [5, 5.41) is 2.99. The van der Waals surface area contributed by atoms with Gasteiger partial charge in [0.05, 0.1) is 13.2 Å². The maximum atomic E-state index is 5.40. The van der Waals surface area contributed by atoms with E-state index in [4.69, 9.17) is 9.47 Å². The maximum absolute atomic E-state index is 5.40. The van der Waals surface area contributed by atoms with Gasteiger partial charge in [-0.1, -0.05) is 0 Å². The number of hydrogen-bond donors (Lipinski definition) is 1. The van der Waals surface area contributed by atoms with Crippen LogP contribution < -0.4 is 5.32 Å². The van der Waals surface area contributed by atoms with Crippen molar-refractivity contribution in [3.05, 3.63) is 17.6 Å². The van der Waals surface area contributed by atoms with Gasteiger partial charge in [0.1, 0.15) is 12.4 Å². The van der Waals surface area contributed by atoms with Crippen LogP contribution in [0, 0.1) is 6.92 Å². The van der Waals surface area contributed by atoms with Gasteiger partial charge in [0.2, 0.25) is 0 Å². The molecule has 0 amide bonds. The van der Waals surface area contributed by atoms with E-state index in [0.717, 1.165) is 11.5 Å². The molecular formula is C11H19N3O2. The molecule has 90 valence electrons. The Morgan fingerprint density at radius 1 is 1.25 bits per heavy atom. The zero-order chi connectivity index (χ0) is 11.8. The number of aryl methyl sites for hydroxylation is 1. The summed E-state index contributed by atoms with van der Waals surface area (Å²) in [7, 11) is 1.83. The summed E-state index contributed by atoms with van der Waals surface area (Å²) >= 11 is 0. The molecule has 1 N–H and O–H groups in total. The monoisotopic (exact) mass is 225 g/mol. The van der Waals surface area contributed by atoms with Crippen molar-refractivity contribution in [2.75, 3.05) is 32.2 Å². The fourth-order valence-corrected chi connectivity index (χ4v) is 1.25. The van der Waals surface area contributed by atoms with E-state index in [-0.39, 0.29) is 0 Å². The van der Waals surface area contributed by atoms with Crippen LogP contribution in [-0.2, 0) is 16.1 Å². The minimum atomic E-state index is 0.420.